The Balaban J connectivity index is 1.35. The number of benzene rings is 3. The van der Waals surface area contributed by atoms with E-state index in [1.165, 1.54) is 17.3 Å². The lowest BCUT2D eigenvalue weighted by molar-refractivity contribution is -0.121. The van der Waals surface area contributed by atoms with Gasteiger partial charge in [0.1, 0.15) is 16.7 Å². The molecule has 0 bridgehead atoms. The molecule has 8 nitrogen and oxygen atoms in total. The first-order valence-electron chi connectivity index (χ1n) is 12.2. The van der Waals surface area contributed by atoms with Crippen LogP contribution in [0.25, 0.3) is 0 Å². The van der Waals surface area contributed by atoms with Crippen LogP contribution in [0.5, 0.6) is 11.5 Å². The van der Waals surface area contributed by atoms with Crippen molar-refractivity contribution in [3.63, 3.8) is 0 Å². The fourth-order valence-electron chi connectivity index (χ4n) is 4.41. The summed E-state index contributed by atoms with van der Waals surface area (Å²) in [7, 11) is 3.18. The summed E-state index contributed by atoms with van der Waals surface area (Å²) in [6.07, 6.45) is 0.648. The van der Waals surface area contributed by atoms with Crippen molar-refractivity contribution in [2.75, 3.05) is 19.5 Å². The van der Waals surface area contributed by atoms with Crippen LogP contribution < -0.4 is 14.8 Å². The van der Waals surface area contributed by atoms with Crippen LogP contribution in [0.15, 0.2) is 82.9 Å². The number of hydrogen-bond donors (Lipinski definition) is 1. The Hall–Kier alpha value is -4.11. The van der Waals surface area contributed by atoms with Crippen LogP contribution in [0.3, 0.4) is 0 Å². The Morgan fingerprint density at radius 1 is 1.03 bits per heavy atom. The zero-order valence-corrected chi connectivity index (χ0v) is 22.2. The highest BCUT2D eigenvalue weighted by molar-refractivity contribution is 8.15. The van der Waals surface area contributed by atoms with Gasteiger partial charge in [0.05, 0.1) is 31.7 Å². The summed E-state index contributed by atoms with van der Waals surface area (Å²) in [6, 6.07) is 23.1. The second-order valence-corrected chi connectivity index (χ2v) is 10.2. The smallest absolute Gasteiger partial charge is 0.262 e. The third kappa shape index (κ3) is 5.43. The minimum absolute atomic E-state index is 0.00730. The van der Waals surface area contributed by atoms with E-state index >= 15 is 0 Å². The average Bonchev–Trinajstić information content (AvgIpc) is 3.53. The molecule has 3 aromatic rings. The van der Waals surface area contributed by atoms with E-state index in [0.29, 0.717) is 23.0 Å². The lowest BCUT2D eigenvalue weighted by atomic mass is 9.98. The number of anilines is 1. The number of carbonyl (C=O) groups is 2. The Morgan fingerprint density at radius 2 is 1.76 bits per heavy atom. The number of aryl methyl sites for hydroxylation is 1. The largest absolute Gasteiger partial charge is 0.497 e. The molecule has 0 saturated heterocycles. The zero-order valence-electron chi connectivity index (χ0n) is 21.4. The van der Waals surface area contributed by atoms with Gasteiger partial charge in [-0.1, -0.05) is 53.7 Å². The molecule has 2 amide bonds. The summed E-state index contributed by atoms with van der Waals surface area (Å²) in [5.74, 6) is 0.711. The highest BCUT2D eigenvalue weighted by Crippen LogP contribution is 2.39. The summed E-state index contributed by atoms with van der Waals surface area (Å²) in [5.41, 5.74) is 4.68. The molecule has 0 saturated carbocycles. The van der Waals surface area contributed by atoms with Gasteiger partial charge in [0.15, 0.2) is 5.17 Å². The number of carbonyl (C=O) groups excluding carboxylic acids is 2. The molecule has 0 aromatic heterocycles. The van der Waals surface area contributed by atoms with Gasteiger partial charge >= 0.3 is 0 Å². The summed E-state index contributed by atoms with van der Waals surface area (Å²) in [4.78, 5) is 30.0. The number of methoxy groups -OCH3 is 2. The number of nitrogens with zero attached hydrogens (tertiary/aromatic N) is 3. The SMILES string of the molecule is COc1ccc(C2=NN(C3=NC(=O)[C@@H](CC(=O)Nc4ccccc4OC)S3)[C@@H](c3ccc(C)cc3)C2)cc1. The van der Waals surface area contributed by atoms with Crippen LogP contribution in [0.2, 0.25) is 0 Å². The van der Waals surface area contributed by atoms with E-state index in [1.807, 2.05) is 48.3 Å². The zero-order chi connectivity index (χ0) is 26.6. The Kier molecular flexibility index (Phi) is 7.46. The first kappa shape index (κ1) is 25.5. The van der Waals surface area contributed by atoms with Gasteiger partial charge in [0, 0.05) is 12.8 Å². The van der Waals surface area contributed by atoms with E-state index in [-0.39, 0.29) is 24.3 Å². The quantitative estimate of drug-likeness (QED) is 0.454. The van der Waals surface area contributed by atoms with E-state index in [2.05, 4.69) is 34.6 Å². The second-order valence-electron chi connectivity index (χ2n) is 9.04. The van der Waals surface area contributed by atoms with Crippen LogP contribution in [0, 0.1) is 6.92 Å². The molecule has 0 fully saturated rings. The van der Waals surface area contributed by atoms with Crippen LogP contribution >= 0.6 is 11.8 Å². The maximum Gasteiger partial charge on any atom is 0.262 e. The topological polar surface area (TPSA) is 92.6 Å². The van der Waals surface area contributed by atoms with Crippen molar-refractivity contribution in [1.29, 1.82) is 0 Å². The molecule has 2 atom stereocenters. The minimum Gasteiger partial charge on any atom is -0.497 e. The molecule has 194 valence electrons. The van der Waals surface area contributed by atoms with Gasteiger partial charge in [0.2, 0.25) is 5.91 Å². The van der Waals surface area contributed by atoms with Gasteiger partial charge in [-0.05, 0) is 54.4 Å². The Labute approximate surface area is 225 Å². The van der Waals surface area contributed by atoms with Gasteiger partial charge in [0.25, 0.3) is 5.91 Å². The van der Waals surface area contributed by atoms with Crippen LogP contribution in [-0.2, 0) is 9.59 Å². The van der Waals surface area contributed by atoms with Crippen molar-refractivity contribution in [2.24, 2.45) is 10.1 Å². The third-order valence-electron chi connectivity index (χ3n) is 6.47. The lowest BCUT2D eigenvalue weighted by Gasteiger charge is -2.23. The lowest BCUT2D eigenvalue weighted by Crippen LogP contribution is -2.25. The molecule has 1 N–H and O–H groups in total. The van der Waals surface area contributed by atoms with E-state index in [4.69, 9.17) is 14.6 Å². The standard InChI is InChI=1S/C29H28N4O4S/c1-18-8-10-20(11-9-18)24-16-23(19-12-14-21(36-2)15-13-19)32-33(24)29-31-28(35)26(38-29)17-27(34)30-22-6-4-5-7-25(22)37-3/h4-15,24,26H,16-17H2,1-3H3,(H,30,34)/t24-,26-/m1/s1. The number of rotatable bonds is 7. The van der Waals surface area contributed by atoms with Crippen molar-refractivity contribution < 1.29 is 19.1 Å². The summed E-state index contributed by atoms with van der Waals surface area (Å²) >= 11 is 1.28. The van der Waals surface area contributed by atoms with E-state index in [9.17, 15) is 9.59 Å². The maximum atomic E-state index is 12.9. The van der Waals surface area contributed by atoms with Crippen molar-refractivity contribution in [3.05, 3.63) is 89.5 Å². The normalized spacial score (nSPS) is 18.7. The average molecular weight is 529 g/mol. The van der Waals surface area contributed by atoms with Gasteiger partial charge in [-0.3, -0.25) is 9.59 Å². The number of aliphatic imine (C=N–C) groups is 1. The molecule has 2 aliphatic rings. The third-order valence-corrected chi connectivity index (χ3v) is 7.61. The van der Waals surface area contributed by atoms with Crippen molar-refractivity contribution in [3.8, 4) is 11.5 Å². The number of amides is 2. The number of hydrogen-bond acceptors (Lipinski definition) is 7. The molecule has 0 unspecified atom stereocenters. The predicted molar refractivity (Wildman–Crippen MR) is 150 cm³/mol. The summed E-state index contributed by atoms with van der Waals surface area (Å²) in [5, 5.41) is 9.44. The maximum absolute atomic E-state index is 12.9. The predicted octanol–water partition coefficient (Wildman–Crippen LogP) is 5.19. The number of ether oxygens (including phenoxy) is 2. The highest BCUT2D eigenvalue weighted by Gasteiger charge is 2.39. The van der Waals surface area contributed by atoms with E-state index in [1.54, 1.807) is 26.4 Å². The first-order valence-corrected chi connectivity index (χ1v) is 13.1. The fourth-order valence-corrected chi connectivity index (χ4v) is 5.48. The number of nitrogens with one attached hydrogen (secondary N) is 1. The summed E-state index contributed by atoms with van der Waals surface area (Å²) < 4.78 is 10.6. The van der Waals surface area contributed by atoms with Crippen LogP contribution in [-0.4, -0.2) is 47.2 Å². The minimum atomic E-state index is -0.626. The molecule has 0 spiro atoms. The summed E-state index contributed by atoms with van der Waals surface area (Å²) in [6.45, 7) is 2.05. The van der Waals surface area contributed by atoms with E-state index < -0.39 is 5.25 Å². The van der Waals surface area contributed by atoms with Gasteiger partial charge in [-0.15, -0.1) is 0 Å². The molecule has 3 aromatic carbocycles. The highest BCUT2D eigenvalue weighted by atomic mass is 32.2. The van der Waals surface area contributed by atoms with Crippen LogP contribution in [0.4, 0.5) is 5.69 Å². The van der Waals surface area contributed by atoms with Crippen LogP contribution in [0.1, 0.15) is 35.6 Å². The molecular weight excluding hydrogens is 500 g/mol. The van der Waals surface area contributed by atoms with Crippen molar-refractivity contribution in [2.45, 2.75) is 31.1 Å². The first-order chi connectivity index (χ1) is 18.4. The number of para-hydroxylation sites is 2. The molecule has 9 heteroatoms. The molecule has 2 aliphatic heterocycles. The molecule has 0 radical (unpaired) electrons. The molecule has 2 heterocycles. The van der Waals surface area contributed by atoms with Gasteiger partial charge in [-0.2, -0.15) is 10.1 Å². The number of hydrazone groups is 1. The van der Waals surface area contributed by atoms with Crippen molar-refractivity contribution >= 4 is 40.1 Å². The number of amidine groups is 1. The number of thioether (sulfide) groups is 1. The van der Waals surface area contributed by atoms with Gasteiger partial charge in [-0.25, -0.2) is 5.01 Å². The monoisotopic (exact) mass is 528 g/mol. The fraction of sp³-hybridized carbons (Fsp3) is 0.241. The molecule has 0 aliphatic carbocycles. The molecule has 5 rings (SSSR count). The van der Waals surface area contributed by atoms with E-state index in [0.717, 1.165) is 22.6 Å². The Morgan fingerprint density at radius 3 is 2.47 bits per heavy atom. The molecule has 38 heavy (non-hydrogen) atoms. The second kappa shape index (κ2) is 11.1. The van der Waals surface area contributed by atoms with Gasteiger partial charge < -0.3 is 14.8 Å². The Bertz CT molecular complexity index is 1400. The van der Waals surface area contributed by atoms with Crippen molar-refractivity contribution in [1.82, 2.24) is 5.01 Å². The molecular formula is C29H28N4O4S.